The van der Waals surface area contributed by atoms with E-state index in [0.717, 1.165) is 23.9 Å². The van der Waals surface area contributed by atoms with Crippen molar-refractivity contribution < 1.29 is 23.0 Å². The van der Waals surface area contributed by atoms with E-state index in [1.165, 1.54) is 24.9 Å². The van der Waals surface area contributed by atoms with Crippen molar-refractivity contribution in [2.24, 2.45) is 0 Å². The normalized spacial score (nSPS) is 11.8. The zero-order valence-electron chi connectivity index (χ0n) is 19.0. The number of hydrogen-bond donors (Lipinski definition) is 1. The Morgan fingerprint density at radius 2 is 1.74 bits per heavy atom. The molecule has 0 radical (unpaired) electrons. The maximum absolute atomic E-state index is 13.5. The van der Waals surface area contributed by atoms with E-state index < -0.39 is 22.8 Å². The van der Waals surface area contributed by atoms with Gasteiger partial charge in [0, 0.05) is 17.8 Å². The maximum Gasteiger partial charge on any atom is 0.266 e. The molecule has 4 rings (SSSR count). The van der Waals surface area contributed by atoms with Gasteiger partial charge in [-0.1, -0.05) is 23.9 Å². The first-order valence-electron chi connectivity index (χ1n) is 10.5. The van der Waals surface area contributed by atoms with Gasteiger partial charge in [0.25, 0.3) is 5.56 Å². The number of nitrogens with one attached hydrogen (secondary N) is 1. The van der Waals surface area contributed by atoms with Crippen molar-refractivity contribution in [2.45, 2.75) is 17.3 Å². The van der Waals surface area contributed by atoms with Crippen molar-refractivity contribution in [3.05, 3.63) is 82.7 Å². The number of thioether (sulfide) groups is 1. The smallest absolute Gasteiger partial charge is 0.266 e. The number of rotatable bonds is 7. The summed E-state index contributed by atoms with van der Waals surface area (Å²) < 4.78 is 38.8. The van der Waals surface area contributed by atoms with Crippen LogP contribution in [0.25, 0.3) is 16.6 Å². The molecule has 1 heterocycles. The Morgan fingerprint density at radius 3 is 2.46 bits per heavy atom. The lowest BCUT2D eigenvalue weighted by Crippen LogP contribution is -2.26. The molecule has 0 aliphatic heterocycles. The molecule has 1 amide bonds. The van der Waals surface area contributed by atoms with E-state index in [-0.39, 0.29) is 16.4 Å². The molecule has 0 saturated heterocycles. The molecule has 1 N–H and O–H groups in total. The van der Waals surface area contributed by atoms with Crippen molar-refractivity contribution in [3.63, 3.8) is 0 Å². The lowest BCUT2D eigenvalue weighted by molar-refractivity contribution is -0.115. The summed E-state index contributed by atoms with van der Waals surface area (Å²) in [5, 5.41) is 2.50. The topological polar surface area (TPSA) is 82.5 Å². The van der Waals surface area contributed by atoms with Crippen molar-refractivity contribution in [2.75, 3.05) is 19.5 Å². The highest BCUT2D eigenvalue weighted by atomic mass is 32.2. The third-order valence-corrected chi connectivity index (χ3v) is 6.26. The third-order valence-electron chi connectivity index (χ3n) is 5.21. The van der Waals surface area contributed by atoms with Gasteiger partial charge in [-0.25, -0.2) is 13.8 Å². The number of benzene rings is 3. The fraction of sp³-hybridized carbons (Fsp3) is 0.160. The first-order valence-corrected chi connectivity index (χ1v) is 11.4. The van der Waals surface area contributed by atoms with Gasteiger partial charge in [0.2, 0.25) is 5.91 Å². The number of halogens is 2. The highest BCUT2D eigenvalue weighted by molar-refractivity contribution is 8.00. The number of fused-ring (bicyclic) bond motifs is 1. The van der Waals surface area contributed by atoms with Gasteiger partial charge < -0.3 is 14.8 Å². The van der Waals surface area contributed by atoms with Crippen LogP contribution in [0, 0.1) is 11.6 Å². The second-order valence-electron chi connectivity index (χ2n) is 7.47. The highest BCUT2D eigenvalue weighted by Gasteiger charge is 2.21. The minimum atomic E-state index is -1.07. The van der Waals surface area contributed by atoms with Crippen LogP contribution in [0.5, 0.6) is 11.5 Å². The Bertz CT molecular complexity index is 1480. The van der Waals surface area contributed by atoms with Crippen molar-refractivity contribution >= 4 is 34.3 Å². The standard InChI is InChI=1S/C25H21F2N3O4S/c1-14(23(31)28-15-8-10-18(26)19(27)12-15)35-25-29-20-7-5-4-6-17(20)24(32)30(25)16-9-11-21(33-2)22(13-16)34-3/h4-14H,1-3H3,(H,28,31). The zero-order chi connectivity index (χ0) is 25.1. The number of methoxy groups -OCH3 is 2. The van der Waals surface area contributed by atoms with Crippen LogP contribution in [0.2, 0.25) is 0 Å². The second-order valence-corrected chi connectivity index (χ2v) is 8.78. The molecule has 0 fully saturated rings. The molecule has 0 aliphatic rings. The molecule has 0 saturated carbocycles. The van der Waals surface area contributed by atoms with Gasteiger partial charge >= 0.3 is 0 Å². The number of carbonyl (C=O) groups is 1. The van der Waals surface area contributed by atoms with Crippen LogP contribution in [-0.2, 0) is 4.79 Å². The van der Waals surface area contributed by atoms with Gasteiger partial charge in [-0.05, 0) is 43.3 Å². The van der Waals surface area contributed by atoms with Crippen molar-refractivity contribution in [1.82, 2.24) is 9.55 Å². The summed E-state index contributed by atoms with van der Waals surface area (Å²) in [6.07, 6.45) is 0. The van der Waals surface area contributed by atoms with Gasteiger partial charge in [0.15, 0.2) is 28.3 Å². The summed E-state index contributed by atoms with van der Waals surface area (Å²) in [7, 11) is 3.00. The predicted octanol–water partition coefficient (Wildman–Crippen LogP) is 4.80. The Labute approximate surface area is 203 Å². The molecule has 180 valence electrons. The van der Waals surface area contributed by atoms with Gasteiger partial charge in [-0.15, -0.1) is 0 Å². The quantitative estimate of drug-likeness (QED) is 0.292. The summed E-state index contributed by atoms with van der Waals surface area (Å²) in [4.78, 5) is 30.9. The van der Waals surface area contributed by atoms with Crippen LogP contribution in [-0.4, -0.2) is 34.9 Å². The van der Waals surface area contributed by atoms with Crippen LogP contribution in [0.4, 0.5) is 14.5 Å². The molecular formula is C25H21F2N3O4S. The van der Waals surface area contributed by atoms with Gasteiger partial charge in [0.05, 0.1) is 36.1 Å². The molecule has 3 aromatic carbocycles. The second kappa shape index (κ2) is 10.1. The Morgan fingerprint density at radius 1 is 1.00 bits per heavy atom. The van der Waals surface area contributed by atoms with Crippen LogP contribution < -0.4 is 20.3 Å². The minimum Gasteiger partial charge on any atom is -0.493 e. The van der Waals surface area contributed by atoms with E-state index in [4.69, 9.17) is 9.47 Å². The molecule has 35 heavy (non-hydrogen) atoms. The first kappa shape index (κ1) is 24.2. The highest BCUT2D eigenvalue weighted by Crippen LogP contribution is 2.31. The molecule has 0 spiro atoms. The largest absolute Gasteiger partial charge is 0.493 e. The molecule has 1 aromatic heterocycles. The molecule has 0 aliphatic carbocycles. The van der Waals surface area contributed by atoms with Gasteiger partial charge in [-0.3, -0.25) is 14.2 Å². The number of amides is 1. The fourth-order valence-electron chi connectivity index (χ4n) is 3.41. The van der Waals surface area contributed by atoms with Crippen LogP contribution in [0.1, 0.15) is 6.92 Å². The zero-order valence-corrected chi connectivity index (χ0v) is 19.9. The summed E-state index contributed by atoms with van der Waals surface area (Å²) in [6, 6.07) is 15.0. The summed E-state index contributed by atoms with van der Waals surface area (Å²) in [5.41, 5.74) is 0.746. The monoisotopic (exact) mass is 497 g/mol. The van der Waals surface area contributed by atoms with Crippen LogP contribution in [0.3, 0.4) is 0 Å². The lowest BCUT2D eigenvalue weighted by Gasteiger charge is -2.17. The van der Waals surface area contributed by atoms with E-state index >= 15 is 0 Å². The van der Waals surface area contributed by atoms with Gasteiger partial charge in [0.1, 0.15) is 0 Å². The Balaban J connectivity index is 1.74. The van der Waals surface area contributed by atoms with E-state index in [9.17, 15) is 18.4 Å². The summed E-state index contributed by atoms with van der Waals surface area (Å²) in [5.74, 6) is -1.63. The number of ether oxygens (including phenoxy) is 2. The van der Waals surface area contributed by atoms with E-state index in [1.807, 2.05) is 0 Å². The third kappa shape index (κ3) is 4.97. The molecule has 1 unspecified atom stereocenters. The van der Waals surface area contributed by atoms with Gasteiger partial charge in [-0.2, -0.15) is 0 Å². The maximum atomic E-state index is 13.5. The molecule has 0 bridgehead atoms. The van der Waals surface area contributed by atoms with Crippen LogP contribution in [0.15, 0.2) is 70.6 Å². The van der Waals surface area contributed by atoms with Crippen molar-refractivity contribution in [3.8, 4) is 17.2 Å². The Hall–Kier alpha value is -3.92. The number of para-hydroxylation sites is 1. The molecule has 7 nitrogen and oxygen atoms in total. The molecule has 4 aromatic rings. The minimum absolute atomic E-state index is 0.116. The molecule has 10 heteroatoms. The van der Waals surface area contributed by atoms with E-state index in [1.54, 1.807) is 49.4 Å². The van der Waals surface area contributed by atoms with E-state index in [2.05, 4.69) is 10.3 Å². The average Bonchev–Trinajstić information content (AvgIpc) is 2.86. The average molecular weight is 498 g/mol. The lowest BCUT2D eigenvalue weighted by atomic mass is 10.2. The summed E-state index contributed by atoms with van der Waals surface area (Å²) >= 11 is 1.05. The summed E-state index contributed by atoms with van der Waals surface area (Å²) in [6.45, 7) is 1.63. The SMILES string of the molecule is COc1ccc(-n2c(SC(C)C(=O)Nc3ccc(F)c(F)c3)nc3ccccc3c2=O)cc1OC. The molecule has 1 atom stereocenters. The number of aromatic nitrogens is 2. The Kier molecular flexibility index (Phi) is 7.02. The van der Waals surface area contributed by atoms with Crippen molar-refractivity contribution in [1.29, 1.82) is 0 Å². The number of carbonyl (C=O) groups excluding carboxylic acids is 1. The number of anilines is 1. The fourth-order valence-corrected chi connectivity index (χ4v) is 4.34. The first-order chi connectivity index (χ1) is 16.8. The number of nitrogens with zero attached hydrogens (tertiary/aromatic N) is 2. The van der Waals surface area contributed by atoms with Crippen LogP contribution >= 0.6 is 11.8 Å². The predicted molar refractivity (Wildman–Crippen MR) is 131 cm³/mol. The number of hydrogen-bond acceptors (Lipinski definition) is 6. The molecular weight excluding hydrogens is 476 g/mol. The van der Waals surface area contributed by atoms with E-state index in [0.29, 0.717) is 28.1 Å².